The van der Waals surface area contributed by atoms with Gasteiger partial charge in [-0.3, -0.25) is 4.79 Å². The van der Waals surface area contributed by atoms with Gasteiger partial charge in [-0.2, -0.15) is 11.8 Å². The van der Waals surface area contributed by atoms with Crippen LogP contribution in [0.15, 0.2) is 59.5 Å². The number of carbonyl (C=O) groups is 1. The maximum Gasteiger partial charge on any atom is 0.223 e. The molecule has 1 amide bonds. The number of thioether (sulfide) groups is 2. The zero-order chi connectivity index (χ0) is 17.5. The molecule has 2 aromatic carbocycles. The number of hydrogen-bond acceptors (Lipinski definition) is 3. The normalized spacial score (nSPS) is 18.0. The maximum atomic E-state index is 14.0. The second kappa shape index (κ2) is 9.30. The van der Waals surface area contributed by atoms with E-state index in [2.05, 4.69) is 12.1 Å². The van der Waals surface area contributed by atoms with Crippen LogP contribution in [0, 0.1) is 5.82 Å². The molecule has 2 aromatic rings. The van der Waals surface area contributed by atoms with Crippen molar-refractivity contribution in [3.8, 4) is 0 Å². The van der Waals surface area contributed by atoms with Gasteiger partial charge in [0.2, 0.25) is 5.91 Å². The fourth-order valence-corrected chi connectivity index (χ4v) is 5.05. The molecule has 1 atom stereocenters. The molecule has 1 aliphatic heterocycles. The van der Waals surface area contributed by atoms with E-state index >= 15 is 0 Å². The first-order valence-electron chi connectivity index (χ1n) is 8.55. The topological polar surface area (TPSA) is 20.3 Å². The molecule has 1 aliphatic rings. The van der Waals surface area contributed by atoms with Crippen LogP contribution in [0.5, 0.6) is 0 Å². The molecule has 0 bridgehead atoms. The Balaban J connectivity index is 1.49. The number of benzene rings is 2. The minimum Gasteiger partial charge on any atom is -0.342 e. The molecule has 2 nitrogen and oxygen atoms in total. The van der Waals surface area contributed by atoms with Gasteiger partial charge in [-0.15, -0.1) is 11.8 Å². The van der Waals surface area contributed by atoms with E-state index in [4.69, 9.17) is 0 Å². The number of amides is 1. The van der Waals surface area contributed by atoms with Gasteiger partial charge >= 0.3 is 0 Å². The van der Waals surface area contributed by atoms with Gasteiger partial charge in [0.05, 0.1) is 0 Å². The molecule has 1 saturated heterocycles. The molecule has 132 valence electrons. The Morgan fingerprint density at radius 2 is 1.88 bits per heavy atom. The van der Waals surface area contributed by atoms with Crippen molar-refractivity contribution in [3.63, 3.8) is 0 Å². The SMILES string of the molecule is O=C(CCSc1ccccc1)N1CCS[C@@H](c2ccccc2F)CC1. The van der Waals surface area contributed by atoms with Crippen molar-refractivity contribution >= 4 is 29.4 Å². The van der Waals surface area contributed by atoms with Crippen LogP contribution in [0.3, 0.4) is 0 Å². The Morgan fingerprint density at radius 1 is 1.12 bits per heavy atom. The number of hydrogen-bond donors (Lipinski definition) is 0. The minimum atomic E-state index is -0.140. The molecule has 0 saturated carbocycles. The lowest BCUT2D eigenvalue weighted by Crippen LogP contribution is -2.33. The summed E-state index contributed by atoms with van der Waals surface area (Å²) in [6, 6.07) is 17.1. The van der Waals surface area contributed by atoms with Crippen LogP contribution in [0.4, 0.5) is 4.39 Å². The summed E-state index contributed by atoms with van der Waals surface area (Å²) in [6.07, 6.45) is 1.36. The van der Waals surface area contributed by atoms with Crippen LogP contribution in [0.2, 0.25) is 0 Å². The van der Waals surface area contributed by atoms with E-state index in [-0.39, 0.29) is 17.0 Å². The molecule has 0 radical (unpaired) electrons. The van der Waals surface area contributed by atoms with Crippen molar-refractivity contribution in [3.05, 3.63) is 66.0 Å². The summed E-state index contributed by atoms with van der Waals surface area (Å²) < 4.78 is 14.0. The molecular formula is C20H22FNOS2. The molecular weight excluding hydrogens is 353 g/mol. The first kappa shape index (κ1) is 18.3. The first-order chi connectivity index (χ1) is 12.2. The van der Waals surface area contributed by atoms with Crippen molar-refractivity contribution in [2.75, 3.05) is 24.6 Å². The molecule has 1 heterocycles. The van der Waals surface area contributed by atoms with Crippen molar-refractivity contribution in [1.82, 2.24) is 4.90 Å². The Hall–Kier alpha value is -1.46. The van der Waals surface area contributed by atoms with E-state index in [1.54, 1.807) is 29.6 Å². The molecule has 0 aliphatic carbocycles. The summed E-state index contributed by atoms with van der Waals surface area (Å²) in [6.45, 7) is 1.46. The molecule has 1 fully saturated rings. The molecule has 0 aromatic heterocycles. The number of rotatable bonds is 5. The highest BCUT2D eigenvalue weighted by atomic mass is 32.2. The Kier molecular flexibility index (Phi) is 6.82. The molecule has 3 rings (SSSR count). The van der Waals surface area contributed by atoms with Crippen molar-refractivity contribution in [2.45, 2.75) is 23.0 Å². The Bertz CT molecular complexity index is 695. The van der Waals surface area contributed by atoms with Crippen LogP contribution in [-0.4, -0.2) is 35.4 Å². The highest BCUT2D eigenvalue weighted by molar-refractivity contribution is 7.99. The van der Waals surface area contributed by atoms with Gasteiger partial charge in [0.1, 0.15) is 5.82 Å². The molecule has 0 unspecified atom stereocenters. The van der Waals surface area contributed by atoms with Crippen LogP contribution >= 0.6 is 23.5 Å². The van der Waals surface area contributed by atoms with Crippen LogP contribution in [0.25, 0.3) is 0 Å². The van der Waals surface area contributed by atoms with Gasteiger partial charge in [-0.25, -0.2) is 4.39 Å². The first-order valence-corrected chi connectivity index (χ1v) is 10.6. The van der Waals surface area contributed by atoms with Gasteiger partial charge in [-0.05, 0) is 24.6 Å². The number of nitrogens with zero attached hydrogens (tertiary/aromatic N) is 1. The highest BCUT2D eigenvalue weighted by Gasteiger charge is 2.23. The van der Waals surface area contributed by atoms with E-state index in [1.165, 1.54) is 11.0 Å². The lowest BCUT2D eigenvalue weighted by molar-refractivity contribution is -0.130. The smallest absolute Gasteiger partial charge is 0.223 e. The van der Waals surface area contributed by atoms with E-state index < -0.39 is 0 Å². The van der Waals surface area contributed by atoms with Crippen LogP contribution < -0.4 is 0 Å². The number of carbonyl (C=O) groups excluding carboxylic acids is 1. The summed E-state index contributed by atoms with van der Waals surface area (Å²) in [5.74, 6) is 1.72. The molecule has 25 heavy (non-hydrogen) atoms. The van der Waals surface area contributed by atoms with E-state index in [0.717, 1.165) is 30.0 Å². The fraction of sp³-hybridized carbons (Fsp3) is 0.350. The third kappa shape index (κ3) is 5.25. The second-order valence-electron chi connectivity index (χ2n) is 5.96. The lowest BCUT2D eigenvalue weighted by Gasteiger charge is -2.20. The van der Waals surface area contributed by atoms with Gasteiger partial charge in [0.25, 0.3) is 0 Å². The predicted molar refractivity (Wildman–Crippen MR) is 105 cm³/mol. The van der Waals surface area contributed by atoms with Crippen molar-refractivity contribution < 1.29 is 9.18 Å². The van der Waals surface area contributed by atoms with Crippen LogP contribution in [0.1, 0.15) is 23.7 Å². The standard InChI is InChI=1S/C20H22FNOS2/c21-18-9-5-4-8-17(18)19-10-12-22(13-15-25-19)20(23)11-14-24-16-6-2-1-3-7-16/h1-9,19H,10-15H2/t19-/m1/s1. The van der Waals surface area contributed by atoms with Gasteiger partial charge in [-0.1, -0.05) is 36.4 Å². The second-order valence-corrected chi connectivity index (χ2v) is 8.44. The van der Waals surface area contributed by atoms with E-state index in [0.29, 0.717) is 13.0 Å². The summed E-state index contributed by atoms with van der Waals surface area (Å²) >= 11 is 3.47. The summed E-state index contributed by atoms with van der Waals surface area (Å²) in [4.78, 5) is 15.6. The fourth-order valence-electron chi connectivity index (χ4n) is 2.94. The average Bonchev–Trinajstić information content (AvgIpc) is 2.89. The zero-order valence-corrected chi connectivity index (χ0v) is 15.7. The van der Waals surface area contributed by atoms with Crippen molar-refractivity contribution in [1.29, 1.82) is 0 Å². The highest BCUT2D eigenvalue weighted by Crippen LogP contribution is 2.35. The Morgan fingerprint density at radius 3 is 2.68 bits per heavy atom. The largest absolute Gasteiger partial charge is 0.342 e. The van der Waals surface area contributed by atoms with Crippen molar-refractivity contribution in [2.24, 2.45) is 0 Å². The monoisotopic (exact) mass is 375 g/mol. The zero-order valence-electron chi connectivity index (χ0n) is 14.1. The molecule has 0 spiro atoms. The molecule has 0 N–H and O–H groups in total. The van der Waals surface area contributed by atoms with Crippen LogP contribution in [-0.2, 0) is 4.79 Å². The lowest BCUT2D eigenvalue weighted by atomic mass is 10.1. The summed E-state index contributed by atoms with van der Waals surface area (Å²) in [7, 11) is 0. The predicted octanol–water partition coefficient (Wildman–Crippen LogP) is 5.01. The summed E-state index contributed by atoms with van der Waals surface area (Å²) in [5.41, 5.74) is 0.765. The van der Waals surface area contributed by atoms with Gasteiger partial charge in [0.15, 0.2) is 0 Å². The third-order valence-electron chi connectivity index (χ3n) is 4.27. The van der Waals surface area contributed by atoms with Gasteiger partial charge < -0.3 is 4.90 Å². The van der Waals surface area contributed by atoms with E-state index in [9.17, 15) is 9.18 Å². The minimum absolute atomic E-state index is 0.137. The Labute approximate surface area is 157 Å². The van der Waals surface area contributed by atoms with Gasteiger partial charge in [0, 0.05) is 46.7 Å². The maximum absolute atomic E-state index is 14.0. The van der Waals surface area contributed by atoms with E-state index in [1.807, 2.05) is 35.2 Å². The summed E-state index contributed by atoms with van der Waals surface area (Å²) in [5, 5.41) is 0.137. The third-order valence-corrected chi connectivity index (χ3v) is 6.60. The molecule has 5 heteroatoms. The quantitative estimate of drug-likeness (QED) is 0.685. The number of halogens is 1. The average molecular weight is 376 g/mol.